The third-order valence-corrected chi connectivity index (χ3v) is 1.06. The third-order valence-electron chi connectivity index (χ3n) is 1.06. The summed E-state index contributed by atoms with van der Waals surface area (Å²) >= 11 is 0. The van der Waals surface area contributed by atoms with Gasteiger partial charge in [-0.3, -0.25) is 0 Å². The summed E-state index contributed by atoms with van der Waals surface area (Å²) in [7, 11) is 0. The van der Waals surface area contributed by atoms with Gasteiger partial charge in [0.25, 0.3) is 0 Å². The lowest BCUT2D eigenvalue weighted by Crippen LogP contribution is -1.75. The Morgan fingerprint density at radius 1 is 1.33 bits per heavy atom. The summed E-state index contributed by atoms with van der Waals surface area (Å²) in [6.07, 6.45) is 0.944. The number of aryl methyl sites for hydroxylation is 1. The van der Waals surface area contributed by atoms with Crippen LogP contribution in [0.4, 0.5) is 0 Å². The van der Waals surface area contributed by atoms with Gasteiger partial charge in [0, 0.05) is 0 Å². The second-order valence-electron chi connectivity index (χ2n) is 2.05. The molecule has 64 valence electrons. The fraction of sp³-hybridized carbons (Fsp3) is 0.125. The van der Waals surface area contributed by atoms with E-state index < -0.39 is 0 Å². The summed E-state index contributed by atoms with van der Waals surface area (Å²) in [5.41, 5.74) is 7.32. The molecule has 3 N–H and O–H groups in total. The van der Waals surface area contributed by atoms with Crippen molar-refractivity contribution in [1.29, 1.82) is 5.53 Å². The summed E-state index contributed by atoms with van der Waals surface area (Å²) in [5.74, 6) is 4.49. The smallest absolute Gasteiger partial charge is 0.156 e. The Morgan fingerprint density at radius 3 is 2.08 bits per heavy atom. The highest BCUT2D eigenvalue weighted by Gasteiger charge is 1.72. The Balaban J connectivity index is 0.000000217. The molecule has 0 saturated heterocycles. The molecular weight excluding hydrogens is 152 g/mol. The van der Waals surface area contributed by atoms with Gasteiger partial charge in [0.15, 0.2) is 6.34 Å². The van der Waals surface area contributed by atoms with Gasteiger partial charge in [-0.1, -0.05) is 35.9 Å². The lowest BCUT2D eigenvalue weighted by atomic mass is 10.2. The molecule has 0 aromatic heterocycles. The van der Waals surface area contributed by atoms with Crippen LogP contribution < -0.4 is 5.84 Å². The van der Waals surface area contributed by atoms with E-state index in [2.05, 4.69) is 35.1 Å². The Hall–Kier alpha value is -1.71. The molecule has 0 fully saturated rings. The minimum atomic E-state index is 0.944. The summed E-state index contributed by atoms with van der Waals surface area (Å²) in [6, 6.07) is 10.3. The number of nitrogens with zero attached hydrogens (tertiary/aromatic N) is 2. The number of hydrogen-bond acceptors (Lipinski definition) is 3. The number of nitrogens with two attached hydrogens (primary N) is 1. The van der Waals surface area contributed by atoms with Crippen LogP contribution in [0.5, 0.6) is 0 Å². The predicted octanol–water partition coefficient (Wildman–Crippen LogP) is 1.91. The standard InChI is InChI=1S/C7H8.CH4N4/c1-7-5-3-2-4-6-7;2-4-1-5-3/h2-6H,1H3;1-2H,3H2. The van der Waals surface area contributed by atoms with E-state index in [0.29, 0.717) is 0 Å². The van der Waals surface area contributed by atoms with Gasteiger partial charge < -0.3 is 5.84 Å². The molecule has 1 rings (SSSR count). The van der Waals surface area contributed by atoms with Crippen LogP contribution >= 0.6 is 0 Å². The zero-order valence-corrected chi connectivity index (χ0v) is 6.94. The van der Waals surface area contributed by atoms with Crippen molar-refractivity contribution in [3.8, 4) is 0 Å². The van der Waals surface area contributed by atoms with Crippen LogP contribution in [-0.4, -0.2) is 6.34 Å². The number of hydrazone groups is 1. The molecule has 0 unspecified atom stereocenters. The normalized spacial score (nSPS) is 8.75. The van der Waals surface area contributed by atoms with Gasteiger partial charge in [-0.05, 0) is 6.92 Å². The number of benzene rings is 1. The average Bonchev–Trinajstić information content (AvgIpc) is 2.08. The second kappa shape index (κ2) is 7.40. The van der Waals surface area contributed by atoms with Crippen LogP contribution in [0.2, 0.25) is 0 Å². The van der Waals surface area contributed by atoms with Crippen LogP contribution in [0.1, 0.15) is 5.56 Å². The molecule has 0 aliphatic rings. The summed E-state index contributed by atoms with van der Waals surface area (Å²) in [5, 5.41) is 5.56. The zero-order chi connectivity index (χ0) is 9.23. The van der Waals surface area contributed by atoms with E-state index in [1.165, 1.54) is 5.56 Å². The maximum atomic E-state index is 6.00. The molecule has 1 aromatic carbocycles. The zero-order valence-electron chi connectivity index (χ0n) is 6.94. The number of rotatable bonds is 1. The minimum Gasteiger partial charge on any atom is -0.322 e. The van der Waals surface area contributed by atoms with E-state index in [-0.39, 0.29) is 0 Å². The first-order valence-electron chi connectivity index (χ1n) is 3.41. The van der Waals surface area contributed by atoms with Gasteiger partial charge in [-0.2, -0.15) is 5.10 Å². The SMILES string of the molecule is Cc1ccccc1.N=NC=NN. The molecule has 0 radical (unpaired) electrons. The summed E-state index contributed by atoms with van der Waals surface area (Å²) in [6.45, 7) is 2.08. The van der Waals surface area contributed by atoms with Crippen LogP contribution in [0.3, 0.4) is 0 Å². The Morgan fingerprint density at radius 2 is 1.92 bits per heavy atom. The predicted molar refractivity (Wildman–Crippen MR) is 49.0 cm³/mol. The van der Waals surface area contributed by atoms with E-state index in [1.807, 2.05) is 18.2 Å². The van der Waals surface area contributed by atoms with Gasteiger partial charge in [-0.15, -0.1) is 5.11 Å². The van der Waals surface area contributed by atoms with Crippen molar-refractivity contribution < 1.29 is 0 Å². The number of nitrogens with one attached hydrogen (secondary N) is 1. The van der Waals surface area contributed by atoms with E-state index in [0.717, 1.165) is 6.34 Å². The fourth-order valence-corrected chi connectivity index (χ4v) is 0.568. The maximum absolute atomic E-state index is 6.00. The largest absolute Gasteiger partial charge is 0.322 e. The molecule has 12 heavy (non-hydrogen) atoms. The maximum Gasteiger partial charge on any atom is 0.156 e. The van der Waals surface area contributed by atoms with Gasteiger partial charge >= 0.3 is 0 Å². The van der Waals surface area contributed by atoms with Crippen molar-refractivity contribution in [2.75, 3.05) is 0 Å². The Bertz CT molecular complexity index is 230. The van der Waals surface area contributed by atoms with E-state index in [9.17, 15) is 0 Å². The van der Waals surface area contributed by atoms with E-state index in [4.69, 9.17) is 5.53 Å². The van der Waals surface area contributed by atoms with Gasteiger partial charge in [-0.25, -0.2) is 5.53 Å². The molecule has 0 atom stereocenters. The first kappa shape index (κ1) is 10.3. The van der Waals surface area contributed by atoms with Gasteiger partial charge in [0.1, 0.15) is 0 Å². The monoisotopic (exact) mass is 164 g/mol. The van der Waals surface area contributed by atoms with Gasteiger partial charge in [0.2, 0.25) is 0 Å². The van der Waals surface area contributed by atoms with Crippen LogP contribution in [0, 0.1) is 12.5 Å². The van der Waals surface area contributed by atoms with Crippen LogP contribution in [0.25, 0.3) is 0 Å². The topological polar surface area (TPSA) is 74.6 Å². The highest BCUT2D eigenvalue weighted by Crippen LogP contribution is 1.92. The minimum absolute atomic E-state index is 0.944. The van der Waals surface area contributed by atoms with Crippen molar-refractivity contribution in [2.45, 2.75) is 6.92 Å². The quantitative estimate of drug-likeness (QED) is 0.215. The van der Waals surface area contributed by atoms with Crippen LogP contribution in [0.15, 0.2) is 40.5 Å². The first-order valence-corrected chi connectivity index (χ1v) is 3.41. The van der Waals surface area contributed by atoms with Crippen molar-refractivity contribution in [1.82, 2.24) is 0 Å². The van der Waals surface area contributed by atoms with Crippen molar-refractivity contribution >= 4 is 6.34 Å². The molecule has 1 aromatic rings. The second-order valence-corrected chi connectivity index (χ2v) is 2.05. The highest BCUT2D eigenvalue weighted by molar-refractivity contribution is 5.52. The molecule has 0 heterocycles. The Kier molecular flexibility index (Phi) is 6.34. The lowest BCUT2D eigenvalue weighted by molar-refractivity contribution is 1.17. The van der Waals surface area contributed by atoms with E-state index in [1.54, 1.807) is 0 Å². The fourth-order valence-electron chi connectivity index (χ4n) is 0.568. The average molecular weight is 164 g/mol. The first-order chi connectivity index (χ1) is 5.81. The molecular formula is C8H12N4. The Labute approximate surface area is 71.6 Å². The van der Waals surface area contributed by atoms with Crippen molar-refractivity contribution in [2.24, 2.45) is 16.1 Å². The molecule has 0 bridgehead atoms. The van der Waals surface area contributed by atoms with Gasteiger partial charge in [0.05, 0.1) is 0 Å². The third kappa shape index (κ3) is 6.41. The molecule has 4 nitrogen and oxygen atoms in total. The molecule has 0 spiro atoms. The van der Waals surface area contributed by atoms with E-state index >= 15 is 0 Å². The van der Waals surface area contributed by atoms with Crippen molar-refractivity contribution in [3.63, 3.8) is 0 Å². The molecule has 4 heteroatoms. The molecule has 0 aliphatic heterocycles. The molecule has 0 aliphatic carbocycles. The summed E-state index contributed by atoms with van der Waals surface area (Å²) < 4.78 is 0. The van der Waals surface area contributed by atoms with Crippen LogP contribution in [-0.2, 0) is 0 Å². The number of hydrogen-bond donors (Lipinski definition) is 2. The molecule has 0 saturated carbocycles. The summed E-state index contributed by atoms with van der Waals surface area (Å²) in [4.78, 5) is 0. The lowest BCUT2D eigenvalue weighted by Gasteiger charge is -1.82. The molecule has 0 amide bonds. The highest BCUT2D eigenvalue weighted by atomic mass is 15.2. The van der Waals surface area contributed by atoms with Crippen molar-refractivity contribution in [3.05, 3.63) is 35.9 Å².